The standard InChI is InChI=1S/C14H25F3N4/c1-2-6-18-13(20-12-3-4-12)19-8-11-5-7-21(9-11)10-14(15,16)17/h11-12H,2-10H2,1H3,(H2,18,19,20)/t11-/m1/s1. The van der Waals surface area contributed by atoms with Crippen LogP contribution >= 0.6 is 0 Å². The summed E-state index contributed by atoms with van der Waals surface area (Å²) in [5, 5.41) is 6.60. The van der Waals surface area contributed by atoms with Gasteiger partial charge in [-0.05, 0) is 38.1 Å². The van der Waals surface area contributed by atoms with Crippen molar-refractivity contribution in [2.45, 2.75) is 44.8 Å². The highest BCUT2D eigenvalue weighted by molar-refractivity contribution is 5.80. The van der Waals surface area contributed by atoms with Gasteiger partial charge in [-0.15, -0.1) is 0 Å². The molecule has 7 heteroatoms. The summed E-state index contributed by atoms with van der Waals surface area (Å²) in [6, 6.07) is 0.526. The Kier molecular flexibility index (Phi) is 5.72. The van der Waals surface area contributed by atoms with E-state index in [1.165, 1.54) is 17.7 Å². The number of aliphatic imine (C=N–C) groups is 1. The maximum atomic E-state index is 12.3. The number of likely N-dealkylation sites (tertiary alicyclic amines) is 1. The fourth-order valence-corrected chi connectivity index (χ4v) is 2.50. The molecule has 1 saturated carbocycles. The molecule has 2 rings (SSSR count). The Morgan fingerprint density at radius 1 is 1.29 bits per heavy atom. The number of rotatable bonds is 6. The molecule has 2 N–H and O–H groups in total. The van der Waals surface area contributed by atoms with Crippen LogP contribution in [-0.4, -0.2) is 55.8 Å². The van der Waals surface area contributed by atoms with E-state index in [0.29, 0.717) is 25.7 Å². The lowest BCUT2D eigenvalue weighted by Gasteiger charge is -2.17. The number of hydrogen-bond donors (Lipinski definition) is 2. The quantitative estimate of drug-likeness (QED) is 0.582. The molecule has 1 aliphatic carbocycles. The van der Waals surface area contributed by atoms with Crippen molar-refractivity contribution in [1.82, 2.24) is 15.5 Å². The lowest BCUT2D eigenvalue weighted by Crippen LogP contribution is -2.39. The predicted octanol–water partition coefficient (Wildman–Crippen LogP) is 1.98. The summed E-state index contributed by atoms with van der Waals surface area (Å²) >= 11 is 0. The first-order chi connectivity index (χ1) is 9.96. The van der Waals surface area contributed by atoms with Crippen LogP contribution in [0.25, 0.3) is 0 Å². The molecule has 2 aliphatic rings. The number of halogens is 3. The van der Waals surface area contributed by atoms with Crippen molar-refractivity contribution in [3.63, 3.8) is 0 Å². The van der Waals surface area contributed by atoms with E-state index in [1.807, 2.05) is 0 Å². The summed E-state index contributed by atoms with van der Waals surface area (Å²) in [4.78, 5) is 6.02. The molecule has 0 amide bonds. The highest BCUT2D eigenvalue weighted by atomic mass is 19.4. The number of nitrogens with zero attached hydrogens (tertiary/aromatic N) is 2. The van der Waals surface area contributed by atoms with Crippen LogP contribution in [0, 0.1) is 5.92 Å². The molecule has 4 nitrogen and oxygen atoms in total. The highest BCUT2D eigenvalue weighted by Gasteiger charge is 2.34. The van der Waals surface area contributed by atoms with Crippen LogP contribution in [0.4, 0.5) is 13.2 Å². The van der Waals surface area contributed by atoms with Gasteiger partial charge in [-0.3, -0.25) is 9.89 Å². The molecular formula is C14H25F3N4. The molecule has 21 heavy (non-hydrogen) atoms. The minimum Gasteiger partial charge on any atom is -0.356 e. The van der Waals surface area contributed by atoms with Gasteiger partial charge < -0.3 is 10.6 Å². The van der Waals surface area contributed by atoms with Gasteiger partial charge in [0.15, 0.2) is 5.96 Å². The minimum absolute atomic E-state index is 0.228. The average molecular weight is 306 g/mol. The molecule has 1 heterocycles. The Hall–Kier alpha value is -0.980. The van der Waals surface area contributed by atoms with Crippen LogP contribution in [-0.2, 0) is 0 Å². The van der Waals surface area contributed by atoms with Gasteiger partial charge in [-0.25, -0.2) is 0 Å². The average Bonchev–Trinajstić information content (AvgIpc) is 3.10. The number of guanidine groups is 1. The van der Waals surface area contributed by atoms with Crippen molar-refractivity contribution >= 4 is 5.96 Å². The number of alkyl halides is 3. The second kappa shape index (κ2) is 7.33. The topological polar surface area (TPSA) is 39.7 Å². The molecular weight excluding hydrogens is 281 g/mol. The zero-order valence-electron chi connectivity index (χ0n) is 12.5. The molecule has 0 radical (unpaired) electrons. The zero-order chi connectivity index (χ0) is 15.3. The monoisotopic (exact) mass is 306 g/mol. The Bertz CT molecular complexity index is 353. The van der Waals surface area contributed by atoms with Crippen molar-refractivity contribution in [2.75, 3.05) is 32.7 Å². The molecule has 0 bridgehead atoms. The number of nitrogens with one attached hydrogen (secondary N) is 2. The summed E-state index contributed by atoms with van der Waals surface area (Å²) in [7, 11) is 0. The fourth-order valence-electron chi connectivity index (χ4n) is 2.50. The third kappa shape index (κ3) is 6.54. The molecule has 122 valence electrons. The molecule has 2 fully saturated rings. The summed E-state index contributed by atoms with van der Waals surface area (Å²) in [5.41, 5.74) is 0. The first-order valence-electron chi connectivity index (χ1n) is 7.80. The molecule has 0 unspecified atom stereocenters. The smallest absolute Gasteiger partial charge is 0.356 e. The van der Waals surface area contributed by atoms with Gasteiger partial charge in [-0.2, -0.15) is 13.2 Å². The fraction of sp³-hybridized carbons (Fsp3) is 0.929. The SMILES string of the molecule is CCCNC(=NC[C@H]1CCN(CC(F)(F)F)C1)NC1CC1. The molecule has 1 atom stereocenters. The lowest BCUT2D eigenvalue weighted by molar-refractivity contribution is -0.143. The summed E-state index contributed by atoms with van der Waals surface area (Å²) < 4.78 is 37.0. The van der Waals surface area contributed by atoms with Gasteiger partial charge in [0.05, 0.1) is 6.54 Å². The summed E-state index contributed by atoms with van der Waals surface area (Å²) in [6.07, 6.45) is 0.0724. The maximum Gasteiger partial charge on any atom is 0.401 e. The Balaban J connectivity index is 1.75. The van der Waals surface area contributed by atoms with Gasteiger partial charge in [0.25, 0.3) is 0 Å². The van der Waals surface area contributed by atoms with E-state index < -0.39 is 12.7 Å². The highest BCUT2D eigenvalue weighted by Crippen LogP contribution is 2.23. The van der Waals surface area contributed by atoms with Gasteiger partial charge in [0.2, 0.25) is 0 Å². The predicted molar refractivity (Wildman–Crippen MR) is 77.4 cm³/mol. The molecule has 1 saturated heterocycles. The zero-order valence-corrected chi connectivity index (χ0v) is 12.5. The van der Waals surface area contributed by atoms with Crippen molar-refractivity contribution < 1.29 is 13.2 Å². The Morgan fingerprint density at radius 2 is 2.05 bits per heavy atom. The van der Waals surface area contributed by atoms with E-state index in [1.54, 1.807) is 0 Å². The lowest BCUT2D eigenvalue weighted by atomic mass is 10.1. The van der Waals surface area contributed by atoms with Crippen LogP contribution in [0.5, 0.6) is 0 Å². The van der Waals surface area contributed by atoms with Crippen LogP contribution in [0.1, 0.15) is 32.6 Å². The van der Waals surface area contributed by atoms with E-state index in [9.17, 15) is 13.2 Å². The molecule has 0 aromatic rings. The third-order valence-corrected chi connectivity index (χ3v) is 3.74. The van der Waals surface area contributed by atoms with E-state index in [0.717, 1.165) is 25.3 Å². The summed E-state index contributed by atoms with van der Waals surface area (Å²) in [6.45, 7) is 3.77. The van der Waals surface area contributed by atoms with Crippen LogP contribution in [0.15, 0.2) is 4.99 Å². The molecule has 0 aromatic carbocycles. The van der Waals surface area contributed by atoms with Gasteiger partial charge in [0, 0.05) is 25.7 Å². The largest absolute Gasteiger partial charge is 0.401 e. The molecule has 0 aromatic heterocycles. The van der Waals surface area contributed by atoms with Crippen molar-refractivity contribution in [3.8, 4) is 0 Å². The van der Waals surface area contributed by atoms with E-state index in [-0.39, 0.29) is 5.92 Å². The normalized spacial score (nSPS) is 24.4. The van der Waals surface area contributed by atoms with Crippen LogP contribution in [0.2, 0.25) is 0 Å². The van der Waals surface area contributed by atoms with E-state index in [2.05, 4.69) is 22.5 Å². The van der Waals surface area contributed by atoms with E-state index in [4.69, 9.17) is 0 Å². The molecule has 1 aliphatic heterocycles. The Labute approximate surface area is 124 Å². The van der Waals surface area contributed by atoms with Crippen LogP contribution in [0.3, 0.4) is 0 Å². The maximum absolute atomic E-state index is 12.3. The minimum atomic E-state index is -4.10. The van der Waals surface area contributed by atoms with Gasteiger partial charge in [-0.1, -0.05) is 6.92 Å². The van der Waals surface area contributed by atoms with Crippen LogP contribution < -0.4 is 10.6 Å². The van der Waals surface area contributed by atoms with Crippen molar-refractivity contribution in [1.29, 1.82) is 0 Å². The number of hydrogen-bond acceptors (Lipinski definition) is 2. The Morgan fingerprint density at radius 3 is 2.67 bits per heavy atom. The third-order valence-electron chi connectivity index (χ3n) is 3.74. The van der Waals surface area contributed by atoms with E-state index >= 15 is 0 Å². The van der Waals surface area contributed by atoms with Crippen molar-refractivity contribution in [3.05, 3.63) is 0 Å². The van der Waals surface area contributed by atoms with Gasteiger partial charge in [0.1, 0.15) is 0 Å². The van der Waals surface area contributed by atoms with Gasteiger partial charge >= 0.3 is 6.18 Å². The first-order valence-corrected chi connectivity index (χ1v) is 7.80. The second-order valence-electron chi connectivity index (χ2n) is 6.04. The first kappa shape index (κ1) is 16.4. The second-order valence-corrected chi connectivity index (χ2v) is 6.04. The van der Waals surface area contributed by atoms with Crippen molar-refractivity contribution in [2.24, 2.45) is 10.9 Å². The molecule has 0 spiro atoms. The summed E-state index contributed by atoms with van der Waals surface area (Å²) in [5.74, 6) is 1.04.